The molecule has 19 heavy (non-hydrogen) atoms. The van der Waals surface area contributed by atoms with Crippen LogP contribution in [0.2, 0.25) is 0 Å². The molecule has 0 aromatic heterocycles. The van der Waals surface area contributed by atoms with Gasteiger partial charge in [0, 0.05) is 6.61 Å². The molecule has 0 aromatic rings. The van der Waals surface area contributed by atoms with Gasteiger partial charge in [-0.1, -0.05) is 0 Å². The van der Waals surface area contributed by atoms with Crippen molar-refractivity contribution in [3.63, 3.8) is 0 Å². The van der Waals surface area contributed by atoms with E-state index in [1.165, 1.54) is 0 Å². The Bertz CT molecular complexity index is 361. The third kappa shape index (κ3) is 2.59. The molecule has 1 saturated carbocycles. The van der Waals surface area contributed by atoms with Crippen LogP contribution in [-0.4, -0.2) is 30.1 Å². The van der Waals surface area contributed by atoms with E-state index in [0.29, 0.717) is 19.4 Å². The molecule has 108 valence electrons. The van der Waals surface area contributed by atoms with E-state index in [-0.39, 0.29) is 32.3 Å². The summed E-state index contributed by atoms with van der Waals surface area (Å²) in [5.74, 6) is -1.35. The molecule has 0 radical (unpaired) electrons. The molecular weight excluding hydrogens is 259 g/mol. The first kappa shape index (κ1) is 14.6. The van der Waals surface area contributed by atoms with Crippen LogP contribution in [0.4, 0.5) is 13.2 Å². The highest BCUT2D eigenvalue weighted by Gasteiger charge is 2.55. The number of nitrogens with zero attached hydrogens (tertiary/aromatic N) is 1. The Balaban J connectivity index is 2.10. The number of hydrogen-bond donors (Lipinski definition) is 1. The summed E-state index contributed by atoms with van der Waals surface area (Å²) in [5.41, 5.74) is -2.38. The summed E-state index contributed by atoms with van der Waals surface area (Å²) in [5, 5.41) is 20.0. The van der Waals surface area contributed by atoms with Gasteiger partial charge in [-0.15, -0.1) is 0 Å². The van der Waals surface area contributed by atoms with Crippen molar-refractivity contribution >= 4 is 0 Å². The molecule has 0 spiro atoms. The van der Waals surface area contributed by atoms with Crippen molar-refractivity contribution in [3.05, 3.63) is 0 Å². The highest BCUT2D eigenvalue weighted by atomic mass is 19.4. The first-order chi connectivity index (χ1) is 8.83. The van der Waals surface area contributed by atoms with E-state index in [0.717, 1.165) is 0 Å². The zero-order chi connectivity index (χ0) is 14.1. The second-order valence-electron chi connectivity index (χ2n) is 5.70. The maximum Gasteiger partial charge on any atom is 0.391 e. The van der Waals surface area contributed by atoms with Crippen LogP contribution in [0.15, 0.2) is 0 Å². The second kappa shape index (κ2) is 4.95. The van der Waals surface area contributed by atoms with Gasteiger partial charge in [-0.05, 0) is 38.5 Å². The van der Waals surface area contributed by atoms with E-state index in [1.54, 1.807) is 0 Å². The van der Waals surface area contributed by atoms with Crippen LogP contribution >= 0.6 is 0 Å². The molecule has 2 aliphatic rings. The van der Waals surface area contributed by atoms with Crippen molar-refractivity contribution in [2.75, 3.05) is 13.2 Å². The molecule has 0 bridgehead atoms. The fourth-order valence-corrected chi connectivity index (χ4v) is 3.26. The molecule has 1 aliphatic heterocycles. The van der Waals surface area contributed by atoms with Crippen LogP contribution in [0.1, 0.15) is 38.5 Å². The third-order valence-electron chi connectivity index (χ3n) is 4.62. The first-order valence-electron chi connectivity index (χ1n) is 6.61. The van der Waals surface area contributed by atoms with Crippen molar-refractivity contribution in [3.8, 4) is 6.07 Å². The highest BCUT2D eigenvalue weighted by molar-refractivity contribution is 5.13. The van der Waals surface area contributed by atoms with Gasteiger partial charge in [-0.2, -0.15) is 18.4 Å². The Morgan fingerprint density at radius 2 is 1.84 bits per heavy atom. The lowest BCUT2D eigenvalue weighted by Gasteiger charge is -2.48. The molecule has 6 heteroatoms. The van der Waals surface area contributed by atoms with Gasteiger partial charge in [-0.25, -0.2) is 0 Å². The van der Waals surface area contributed by atoms with Gasteiger partial charge in [0.2, 0.25) is 0 Å². The number of hydrogen-bond acceptors (Lipinski definition) is 3. The van der Waals surface area contributed by atoms with Gasteiger partial charge in [0.15, 0.2) is 0 Å². The van der Waals surface area contributed by atoms with Gasteiger partial charge in [0.25, 0.3) is 0 Å². The molecule has 0 amide bonds. The van der Waals surface area contributed by atoms with Crippen molar-refractivity contribution < 1.29 is 23.0 Å². The second-order valence-corrected chi connectivity index (χ2v) is 5.70. The normalized spacial score (nSPS) is 40.7. The summed E-state index contributed by atoms with van der Waals surface area (Å²) < 4.78 is 43.2. The molecule has 2 fully saturated rings. The Labute approximate surface area is 110 Å². The molecule has 1 unspecified atom stereocenters. The Morgan fingerprint density at radius 3 is 2.26 bits per heavy atom. The van der Waals surface area contributed by atoms with Gasteiger partial charge >= 0.3 is 6.18 Å². The molecule has 0 aromatic carbocycles. The molecule has 1 aliphatic carbocycles. The SMILES string of the molecule is N#CC1(C2(O)CCC(C(F)(F)F)CC2)CCCOC1. The molecule has 1 heterocycles. The largest absolute Gasteiger partial charge is 0.391 e. The zero-order valence-electron chi connectivity index (χ0n) is 10.7. The lowest BCUT2D eigenvalue weighted by Crippen LogP contribution is -2.54. The molecule has 3 nitrogen and oxygen atoms in total. The van der Waals surface area contributed by atoms with Crippen LogP contribution in [0, 0.1) is 22.7 Å². The van der Waals surface area contributed by atoms with Crippen molar-refractivity contribution in [1.82, 2.24) is 0 Å². The van der Waals surface area contributed by atoms with Crippen LogP contribution in [-0.2, 0) is 4.74 Å². The lowest BCUT2D eigenvalue weighted by atomic mass is 9.62. The number of nitriles is 1. The summed E-state index contributed by atoms with van der Waals surface area (Å²) in [7, 11) is 0. The molecular formula is C13H18F3NO2. The smallest absolute Gasteiger partial charge is 0.388 e. The zero-order valence-corrected chi connectivity index (χ0v) is 10.7. The minimum Gasteiger partial charge on any atom is -0.388 e. The average molecular weight is 277 g/mol. The van der Waals surface area contributed by atoms with Gasteiger partial charge in [0.05, 0.1) is 24.2 Å². The Kier molecular flexibility index (Phi) is 3.80. The number of alkyl halides is 3. The maximum atomic E-state index is 12.6. The summed E-state index contributed by atoms with van der Waals surface area (Å²) >= 11 is 0. The van der Waals surface area contributed by atoms with Crippen molar-refractivity contribution in [2.24, 2.45) is 11.3 Å². The lowest BCUT2D eigenvalue weighted by molar-refractivity contribution is -0.206. The summed E-state index contributed by atoms with van der Waals surface area (Å²) in [6.45, 7) is 0.668. The van der Waals surface area contributed by atoms with Crippen LogP contribution in [0.3, 0.4) is 0 Å². The fourth-order valence-electron chi connectivity index (χ4n) is 3.26. The average Bonchev–Trinajstić information content (AvgIpc) is 2.39. The summed E-state index contributed by atoms with van der Waals surface area (Å²) in [4.78, 5) is 0. The quantitative estimate of drug-likeness (QED) is 0.801. The van der Waals surface area contributed by atoms with E-state index >= 15 is 0 Å². The van der Waals surface area contributed by atoms with E-state index in [4.69, 9.17) is 4.74 Å². The molecule has 2 rings (SSSR count). The number of halogens is 3. The van der Waals surface area contributed by atoms with Crippen LogP contribution in [0.5, 0.6) is 0 Å². The predicted octanol–water partition coefficient (Wildman–Crippen LogP) is 2.79. The minimum atomic E-state index is -4.20. The van der Waals surface area contributed by atoms with Gasteiger partial charge in [-0.3, -0.25) is 0 Å². The topological polar surface area (TPSA) is 53.2 Å². The van der Waals surface area contributed by atoms with E-state index in [9.17, 15) is 23.5 Å². The maximum absolute atomic E-state index is 12.6. The fraction of sp³-hybridized carbons (Fsp3) is 0.923. The summed E-state index contributed by atoms with van der Waals surface area (Å²) in [6.07, 6.45) is -3.21. The van der Waals surface area contributed by atoms with E-state index in [1.807, 2.05) is 0 Å². The van der Waals surface area contributed by atoms with Crippen LogP contribution < -0.4 is 0 Å². The number of ether oxygens (including phenoxy) is 1. The third-order valence-corrected chi connectivity index (χ3v) is 4.62. The monoisotopic (exact) mass is 277 g/mol. The first-order valence-corrected chi connectivity index (χ1v) is 6.61. The van der Waals surface area contributed by atoms with Crippen molar-refractivity contribution in [1.29, 1.82) is 5.26 Å². The van der Waals surface area contributed by atoms with Crippen molar-refractivity contribution in [2.45, 2.75) is 50.3 Å². The van der Waals surface area contributed by atoms with Gasteiger partial charge in [0.1, 0.15) is 5.41 Å². The number of aliphatic hydroxyl groups is 1. The minimum absolute atomic E-state index is 0.0219. The number of rotatable bonds is 1. The Hall–Kier alpha value is -0.800. The predicted molar refractivity (Wildman–Crippen MR) is 61.1 cm³/mol. The molecule has 1 saturated heterocycles. The molecule has 1 atom stereocenters. The van der Waals surface area contributed by atoms with E-state index in [2.05, 4.69) is 6.07 Å². The standard InChI is InChI=1S/C13H18F3NO2/c14-13(15,16)10-2-5-12(18,6-3-10)11(8-17)4-1-7-19-9-11/h10,18H,1-7,9H2. The summed E-state index contributed by atoms with van der Waals surface area (Å²) in [6, 6.07) is 2.12. The molecule has 1 N–H and O–H groups in total. The highest BCUT2D eigenvalue weighted by Crippen LogP contribution is 2.50. The van der Waals surface area contributed by atoms with Crippen LogP contribution in [0.25, 0.3) is 0 Å². The van der Waals surface area contributed by atoms with E-state index < -0.39 is 23.1 Å². The van der Waals surface area contributed by atoms with Gasteiger partial charge < -0.3 is 9.84 Å². The Morgan fingerprint density at radius 1 is 1.21 bits per heavy atom.